The number of ether oxygens (including phenoxy) is 3. The fourth-order valence-corrected chi connectivity index (χ4v) is 4.01. The lowest BCUT2D eigenvalue weighted by atomic mass is 10.1. The van der Waals surface area contributed by atoms with Crippen molar-refractivity contribution in [1.29, 1.82) is 0 Å². The third-order valence-corrected chi connectivity index (χ3v) is 5.54. The number of hydrogen-bond acceptors (Lipinski definition) is 6. The Morgan fingerprint density at radius 2 is 1.55 bits per heavy atom. The molecule has 0 radical (unpaired) electrons. The van der Waals surface area contributed by atoms with Gasteiger partial charge in [-0.1, -0.05) is 30.3 Å². The van der Waals surface area contributed by atoms with E-state index in [2.05, 4.69) is 30.3 Å². The zero-order valence-corrected chi connectivity index (χ0v) is 16.9. The number of thiazole rings is 1. The summed E-state index contributed by atoms with van der Waals surface area (Å²) in [6.45, 7) is 2.33. The topological polar surface area (TPSA) is 60.8 Å². The summed E-state index contributed by atoms with van der Waals surface area (Å²) in [5.74, 6) is 0.824. The van der Waals surface area contributed by atoms with Gasteiger partial charge in [-0.25, -0.2) is 4.98 Å². The van der Waals surface area contributed by atoms with Crippen molar-refractivity contribution < 1.29 is 19.3 Å². The Kier molecular flexibility index (Phi) is 6.69. The van der Waals surface area contributed by atoms with Gasteiger partial charge in [0.15, 0.2) is 0 Å². The summed E-state index contributed by atoms with van der Waals surface area (Å²) in [4.78, 5) is 4.75. The molecule has 0 aliphatic carbocycles. The molecule has 0 fully saturated rings. The number of aliphatic hydroxyl groups is 1. The van der Waals surface area contributed by atoms with Crippen LogP contribution in [-0.4, -0.2) is 49.7 Å². The lowest BCUT2D eigenvalue weighted by Crippen LogP contribution is -2.11. The van der Waals surface area contributed by atoms with Crippen LogP contribution in [-0.2, 0) is 9.47 Å². The van der Waals surface area contributed by atoms with E-state index >= 15 is 0 Å². The monoisotopic (exact) mass is 409 g/mol. The smallest absolute Gasteiger partial charge is 0.124 e. The first-order chi connectivity index (χ1) is 14.3. The molecule has 0 aliphatic heterocycles. The van der Waals surface area contributed by atoms with E-state index in [1.165, 1.54) is 4.70 Å². The maximum atomic E-state index is 8.62. The molecule has 0 unspecified atom stereocenters. The van der Waals surface area contributed by atoms with Crippen LogP contribution in [0.15, 0.2) is 60.7 Å². The fourth-order valence-electron chi connectivity index (χ4n) is 3.05. The minimum absolute atomic E-state index is 0.0349. The number of rotatable bonds is 10. The molecular formula is C23H23NO4S. The Balaban J connectivity index is 1.36. The minimum atomic E-state index is 0.0349. The molecule has 6 heteroatoms. The first kappa shape index (κ1) is 19.8. The lowest BCUT2D eigenvalue weighted by molar-refractivity contribution is 0.0247. The number of benzene rings is 3. The number of nitrogens with zero attached hydrogens (tertiary/aromatic N) is 1. The lowest BCUT2D eigenvalue weighted by Gasteiger charge is -2.09. The molecule has 150 valence electrons. The summed E-state index contributed by atoms with van der Waals surface area (Å²) in [6.07, 6.45) is 0. The molecule has 3 aromatic carbocycles. The van der Waals surface area contributed by atoms with Crippen LogP contribution in [0.25, 0.3) is 31.6 Å². The molecule has 1 N–H and O–H groups in total. The van der Waals surface area contributed by atoms with E-state index in [4.69, 9.17) is 24.3 Å². The van der Waals surface area contributed by atoms with Crippen LogP contribution in [0.4, 0.5) is 0 Å². The third kappa shape index (κ3) is 5.10. The van der Waals surface area contributed by atoms with Gasteiger partial charge in [-0.2, -0.15) is 0 Å². The second-order valence-electron chi connectivity index (χ2n) is 6.51. The molecule has 1 aromatic heterocycles. The molecule has 29 heavy (non-hydrogen) atoms. The van der Waals surface area contributed by atoms with Gasteiger partial charge >= 0.3 is 0 Å². The van der Waals surface area contributed by atoms with Crippen molar-refractivity contribution in [3.63, 3.8) is 0 Å². The maximum Gasteiger partial charge on any atom is 0.124 e. The van der Waals surface area contributed by atoms with Crippen LogP contribution in [0.2, 0.25) is 0 Å². The highest BCUT2D eigenvalue weighted by molar-refractivity contribution is 7.21. The average molecular weight is 410 g/mol. The molecule has 4 aromatic rings. The van der Waals surface area contributed by atoms with Crippen molar-refractivity contribution >= 4 is 32.3 Å². The van der Waals surface area contributed by atoms with Gasteiger partial charge in [-0.3, -0.25) is 0 Å². The Morgan fingerprint density at radius 1 is 0.793 bits per heavy atom. The molecule has 1 heterocycles. The van der Waals surface area contributed by atoms with Crippen LogP contribution >= 0.6 is 11.3 Å². The Bertz CT molecular complexity index is 1050. The summed E-state index contributed by atoms with van der Waals surface area (Å²) in [5.41, 5.74) is 2.17. The molecule has 5 nitrogen and oxygen atoms in total. The highest BCUT2D eigenvalue weighted by atomic mass is 32.1. The molecule has 0 amide bonds. The number of para-hydroxylation sites is 1. The van der Waals surface area contributed by atoms with Crippen LogP contribution in [0.3, 0.4) is 0 Å². The quantitative estimate of drug-likeness (QED) is 0.390. The number of hydrogen-bond donors (Lipinski definition) is 1. The molecule has 4 rings (SSSR count). The van der Waals surface area contributed by atoms with Crippen LogP contribution in [0.5, 0.6) is 5.75 Å². The second-order valence-corrected chi connectivity index (χ2v) is 7.54. The zero-order chi connectivity index (χ0) is 19.9. The van der Waals surface area contributed by atoms with Gasteiger partial charge in [0.25, 0.3) is 0 Å². The first-order valence-electron chi connectivity index (χ1n) is 9.62. The minimum Gasteiger partial charge on any atom is -0.491 e. The summed E-state index contributed by atoms with van der Waals surface area (Å²) >= 11 is 1.71. The number of aliphatic hydroxyl groups excluding tert-OH is 1. The number of fused-ring (bicyclic) bond motifs is 2. The van der Waals surface area contributed by atoms with E-state index in [0.717, 1.165) is 32.6 Å². The molecule has 0 saturated carbocycles. The van der Waals surface area contributed by atoms with Gasteiger partial charge in [0.2, 0.25) is 0 Å². The Hall–Kier alpha value is -2.51. The van der Waals surface area contributed by atoms with Crippen molar-refractivity contribution in [2.24, 2.45) is 0 Å². The molecular weight excluding hydrogens is 386 g/mol. The summed E-state index contributed by atoms with van der Waals surface area (Å²) in [7, 11) is 0. The van der Waals surface area contributed by atoms with E-state index in [-0.39, 0.29) is 6.61 Å². The van der Waals surface area contributed by atoms with Crippen molar-refractivity contribution in [3.05, 3.63) is 60.7 Å². The molecule has 0 atom stereocenters. The van der Waals surface area contributed by atoms with Gasteiger partial charge in [-0.15, -0.1) is 11.3 Å². The maximum absolute atomic E-state index is 8.62. The fraction of sp³-hybridized carbons (Fsp3) is 0.261. The average Bonchev–Trinajstić information content (AvgIpc) is 3.19. The van der Waals surface area contributed by atoms with E-state index in [1.807, 2.05) is 30.3 Å². The summed E-state index contributed by atoms with van der Waals surface area (Å²) in [6, 6.07) is 20.7. The first-order valence-corrected chi connectivity index (χ1v) is 10.4. The van der Waals surface area contributed by atoms with Crippen LogP contribution < -0.4 is 4.74 Å². The predicted molar refractivity (Wildman–Crippen MR) is 117 cm³/mol. The zero-order valence-electron chi connectivity index (χ0n) is 16.0. The van der Waals surface area contributed by atoms with Crippen LogP contribution in [0, 0.1) is 0 Å². The van der Waals surface area contributed by atoms with Crippen molar-refractivity contribution in [3.8, 4) is 16.3 Å². The number of aromatic nitrogens is 1. The van der Waals surface area contributed by atoms with E-state index in [9.17, 15) is 0 Å². The molecule has 0 spiro atoms. The van der Waals surface area contributed by atoms with Gasteiger partial charge in [0, 0.05) is 5.56 Å². The molecule has 0 aliphatic rings. The highest BCUT2D eigenvalue weighted by Crippen LogP contribution is 2.32. The van der Waals surface area contributed by atoms with Crippen molar-refractivity contribution in [2.75, 3.05) is 39.6 Å². The van der Waals surface area contributed by atoms with Gasteiger partial charge in [0.1, 0.15) is 17.4 Å². The van der Waals surface area contributed by atoms with E-state index in [0.29, 0.717) is 33.0 Å². The van der Waals surface area contributed by atoms with Crippen molar-refractivity contribution in [2.45, 2.75) is 0 Å². The highest BCUT2D eigenvalue weighted by Gasteiger charge is 2.07. The van der Waals surface area contributed by atoms with Gasteiger partial charge in [-0.05, 0) is 41.1 Å². The van der Waals surface area contributed by atoms with E-state index in [1.54, 1.807) is 11.3 Å². The standard InChI is InChI=1S/C23H23NO4S/c25-9-10-26-11-12-27-13-14-28-20-8-7-17-15-19(6-5-18(17)16-20)23-24-21-3-1-2-4-22(21)29-23/h1-8,15-16,25H,9-14H2. The summed E-state index contributed by atoms with van der Waals surface area (Å²) in [5, 5.41) is 11.9. The predicted octanol–water partition coefficient (Wildman–Crippen LogP) is 4.52. The third-order valence-electron chi connectivity index (χ3n) is 4.46. The summed E-state index contributed by atoms with van der Waals surface area (Å²) < 4.78 is 17.6. The largest absolute Gasteiger partial charge is 0.491 e. The van der Waals surface area contributed by atoms with E-state index < -0.39 is 0 Å². The Morgan fingerprint density at radius 3 is 2.41 bits per heavy atom. The van der Waals surface area contributed by atoms with Gasteiger partial charge < -0.3 is 19.3 Å². The second kappa shape index (κ2) is 9.80. The Labute approximate surface area is 173 Å². The van der Waals surface area contributed by atoms with Crippen molar-refractivity contribution in [1.82, 2.24) is 4.98 Å². The van der Waals surface area contributed by atoms with Crippen LogP contribution in [0.1, 0.15) is 0 Å². The SMILES string of the molecule is OCCOCCOCCOc1ccc2cc(-c3nc4ccccc4s3)ccc2c1. The normalized spacial score (nSPS) is 11.3. The molecule has 0 bridgehead atoms. The molecule has 0 saturated heterocycles. The van der Waals surface area contributed by atoms with Gasteiger partial charge in [0.05, 0.1) is 43.3 Å².